The average Bonchev–Trinajstić information content (AvgIpc) is 3.03. The summed E-state index contributed by atoms with van der Waals surface area (Å²) in [6, 6.07) is 8.03. The lowest BCUT2D eigenvalue weighted by molar-refractivity contribution is -0.116. The predicted molar refractivity (Wildman–Crippen MR) is 80.5 cm³/mol. The molecule has 0 saturated heterocycles. The van der Waals surface area contributed by atoms with Crippen LogP contribution >= 0.6 is 0 Å². The zero-order chi connectivity index (χ0) is 14.8. The molecule has 21 heavy (non-hydrogen) atoms. The minimum Gasteiger partial charge on any atom is -0.493 e. The van der Waals surface area contributed by atoms with Crippen LogP contribution in [0.4, 0.5) is 5.82 Å². The monoisotopic (exact) mass is 285 g/mol. The molecule has 0 bridgehead atoms. The summed E-state index contributed by atoms with van der Waals surface area (Å²) in [6.07, 6.45) is 2.14. The molecule has 0 aliphatic carbocycles. The average molecular weight is 285 g/mol. The van der Waals surface area contributed by atoms with Crippen molar-refractivity contribution in [1.29, 1.82) is 0 Å². The maximum absolute atomic E-state index is 12.0. The first-order chi connectivity index (χ1) is 10.1. The molecule has 1 amide bonds. The molecule has 1 aliphatic rings. The van der Waals surface area contributed by atoms with Crippen LogP contribution in [0.1, 0.15) is 23.2 Å². The largest absolute Gasteiger partial charge is 0.493 e. The second-order valence-electron chi connectivity index (χ2n) is 5.38. The number of nitrogens with one attached hydrogen (secondary N) is 1. The highest BCUT2D eigenvalue weighted by Gasteiger charge is 2.13. The summed E-state index contributed by atoms with van der Waals surface area (Å²) in [4.78, 5) is 12.0. The number of benzene rings is 1. The Hall–Kier alpha value is -2.30. The van der Waals surface area contributed by atoms with Crippen molar-refractivity contribution in [1.82, 2.24) is 9.78 Å². The van der Waals surface area contributed by atoms with Crippen molar-refractivity contribution in [2.75, 3.05) is 11.9 Å². The molecule has 1 N–H and O–H groups in total. The molecule has 0 radical (unpaired) electrons. The van der Waals surface area contributed by atoms with Crippen LogP contribution in [-0.4, -0.2) is 22.3 Å². The lowest BCUT2D eigenvalue weighted by atomic mass is 10.0. The summed E-state index contributed by atoms with van der Waals surface area (Å²) in [7, 11) is 1.86. The number of fused-ring (bicyclic) bond motifs is 1. The van der Waals surface area contributed by atoms with Crippen LogP contribution in [0.2, 0.25) is 0 Å². The van der Waals surface area contributed by atoms with Gasteiger partial charge in [0.05, 0.1) is 6.61 Å². The van der Waals surface area contributed by atoms with E-state index in [9.17, 15) is 4.79 Å². The van der Waals surface area contributed by atoms with Gasteiger partial charge in [-0.25, -0.2) is 0 Å². The number of aromatic nitrogens is 2. The third-order valence-electron chi connectivity index (χ3n) is 3.78. The third-order valence-corrected chi connectivity index (χ3v) is 3.78. The Bertz CT molecular complexity index is 657. The van der Waals surface area contributed by atoms with Crippen molar-refractivity contribution in [3.63, 3.8) is 0 Å². The highest BCUT2D eigenvalue weighted by molar-refractivity contribution is 5.89. The summed E-state index contributed by atoms with van der Waals surface area (Å²) in [5.41, 5.74) is 3.43. The molecular weight excluding hydrogens is 266 g/mol. The number of hydrogen-bond acceptors (Lipinski definition) is 3. The van der Waals surface area contributed by atoms with Crippen molar-refractivity contribution < 1.29 is 9.53 Å². The third kappa shape index (κ3) is 3.07. The van der Waals surface area contributed by atoms with Gasteiger partial charge in [-0.15, -0.1) is 0 Å². The summed E-state index contributed by atoms with van der Waals surface area (Å²) in [5, 5.41) is 7.05. The summed E-state index contributed by atoms with van der Waals surface area (Å²) in [6.45, 7) is 2.72. The molecule has 0 spiro atoms. The number of carbonyl (C=O) groups excluding carboxylic acids is 1. The van der Waals surface area contributed by atoms with Crippen molar-refractivity contribution in [3.8, 4) is 5.75 Å². The molecule has 3 rings (SSSR count). The molecule has 0 fully saturated rings. The SMILES string of the molecule is Cc1cc(NC(=O)CCc2ccc3c(c2)CCO3)nn1C. The normalized spacial score (nSPS) is 12.9. The smallest absolute Gasteiger partial charge is 0.225 e. The first kappa shape index (κ1) is 13.7. The topological polar surface area (TPSA) is 56.1 Å². The summed E-state index contributed by atoms with van der Waals surface area (Å²) in [5.74, 6) is 1.58. The minimum atomic E-state index is -0.00940. The lowest BCUT2D eigenvalue weighted by Gasteiger charge is -2.04. The Kier molecular flexibility index (Phi) is 3.64. The van der Waals surface area contributed by atoms with Crippen LogP contribution in [-0.2, 0) is 24.7 Å². The van der Waals surface area contributed by atoms with E-state index >= 15 is 0 Å². The molecule has 110 valence electrons. The molecular formula is C16H19N3O2. The van der Waals surface area contributed by atoms with Crippen LogP contribution in [0.3, 0.4) is 0 Å². The van der Waals surface area contributed by atoms with Crippen LogP contribution in [0.15, 0.2) is 24.3 Å². The van der Waals surface area contributed by atoms with E-state index in [-0.39, 0.29) is 5.91 Å². The lowest BCUT2D eigenvalue weighted by Crippen LogP contribution is -2.13. The number of aryl methyl sites for hydroxylation is 3. The van der Waals surface area contributed by atoms with Gasteiger partial charge in [-0.05, 0) is 30.5 Å². The number of carbonyl (C=O) groups is 1. The number of rotatable bonds is 4. The predicted octanol–water partition coefficient (Wildman–Crippen LogP) is 2.23. The van der Waals surface area contributed by atoms with Crippen molar-refractivity contribution in [2.45, 2.75) is 26.2 Å². The van der Waals surface area contributed by atoms with Gasteiger partial charge >= 0.3 is 0 Å². The molecule has 5 heteroatoms. The second-order valence-corrected chi connectivity index (χ2v) is 5.38. The van der Waals surface area contributed by atoms with Crippen LogP contribution in [0.5, 0.6) is 5.75 Å². The molecule has 0 atom stereocenters. The molecule has 0 unspecified atom stereocenters. The van der Waals surface area contributed by atoms with E-state index in [1.54, 1.807) is 4.68 Å². The van der Waals surface area contributed by atoms with Crippen LogP contribution in [0.25, 0.3) is 0 Å². The number of ether oxygens (including phenoxy) is 1. The Morgan fingerprint density at radius 1 is 1.43 bits per heavy atom. The number of anilines is 1. The Morgan fingerprint density at radius 2 is 2.29 bits per heavy atom. The summed E-state index contributed by atoms with van der Waals surface area (Å²) >= 11 is 0. The maximum atomic E-state index is 12.0. The molecule has 1 aromatic carbocycles. The van der Waals surface area contributed by atoms with Gasteiger partial charge in [0.15, 0.2) is 5.82 Å². The Morgan fingerprint density at radius 3 is 3.05 bits per heavy atom. The minimum absolute atomic E-state index is 0.00940. The first-order valence-electron chi connectivity index (χ1n) is 7.17. The fraction of sp³-hybridized carbons (Fsp3) is 0.375. The fourth-order valence-corrected chi connectivity index (χ4v) is 2.48. The number of nitrogens with zero attached hydrogens (tertiary/aromatic N) is 2. The highest BCUT2D eigenvalue weighted by atomic mass is 16.5. The van der Waals surface area contributed by atoms with Gasteiger partial charge in [-0.2, -0.15) is 5.10 Å². The zero-order valence-electron chi connectivity index (χ0n) is 12.3. The maximum Gasteiger partial charge on any atom is 0.225 e. The van der Waals surface area contributed by atoms with Gasteiger partial charge in [0.25, 0.3) is 0 Å². The van der Waals surface area contributed by atoms with Gasteiger partial charge in [0.2, 0.25) is 5.91 Å². The van der Waals surface area contributed by atoms with E-state index in [4.69, 9.17) is 4.74 Å². The molecule has 1 aromatic heterocycles. The van der Waals surface area contributed by atoms with Crippen molar-refractivity contribution >= 4 is 11.7 Å². The Labute approximate surface area is 123 Å². The number of hydrogen-bond donors (Lipinski definition) is 1. The van der Waals surface area contributed by atoms with E-state index in [1.807, 2.05) is 32.2 Å². The van der Waals surface area contributed by atoms with Gasteiger partial charge in [-0.3, -0.25) is 9.48 Å². The van der Waals surface area contributed by atoms with E-state index in [2.05, 4.69) is 16.5 Å². The summed E-state index contributed by atoms with van der Waals surface area (Å²) < 4.78 is 7.23. The molecule has 2 heterocycles. The number of amides is 1. The first-order valence-corrected chi connectivity index (χ1v) is 7.17. The fourth-order valence-electron chi connectivity index (χ4n) is 2.48. The van der Waals surface area contributed by atoms with E-state index < -0.39 is 0 Å². The van der Waals surface area contributed by atoms with E-state index in [0.717, 1.165) is 30.9 Å². The molecule has 5 nitrogen and oxygen atoms in total. The van der Waals surface area contributed by atoms with Crippen LogP contribution < -0.4 is 10.1 Å². The molecule has 1 aliphatic heterocycles. The Balaban J connectivity index is 1.56. The van der Waals surface area contributed by atoms with Crippen molar-refractivity contribution in [3.05, 3.63) is 41.1 Å². The van der Waals surface area contributed by atoms with Gasteiger partial charge in [0, 0.05) is 31.6 Å². The zero-order valence-corrected chi connectivity index (χ0v) is 12.3. The van der Waals surface area contributed by atoms with Gasteiger partial charge in [0.1, 0.15) is 5.75 Å². The second kappa shape index (κ2) is 5.60. The standard InChI is InChI=1S/C16H19N3O2/c1-11-9-15(18-19(11)2)17-16(20)6-4-12-3-5-14-13(10-12)7-8-21-14/h3,5,9-10H,4,6-8H2,1-2H3,(H,17,18,20). The molecule has 0 saturated carbocycles. The highest BCUT2D eigenvalue weighted by Crippen LogP contribution is 2.26. The molecule has 2 aromatic rings. The van der Waals surface area contributed by atoms with Crippen molar-refractivity contribution in [2.24, 2.45) is 7.05 Å². The quantitative estimate of drug-likeness (QED) is 0.937. The van der Waals surface area contributed by atoms with E-state index in [0.29, 0.717) is 12.2 Å². The van der Waals surface area contributed by atoms with Crippen LogP contribution in [0, 0.1) is 6.92 Å². The van der Waals surface area contributed by atoms with Gasteiger partial charge < -0.3 is 10.1 Å². The van der Waals surface area contributed by atoms with Gasteiger partial charge in [-0.1, -0.05) is 12.1 Å². The van der Waals surface area contributed by atoms with E-state index in [1.165, 1.54) is 11.1 Å².